The Bertz CT molecular complexity index is 373. The second-order valence-electron chi connectivity index (χ2n) is 5.05. The Morgan fingerprint density at radius 2 is 2.00 bits per heavy atom. The highest BCUT2D eigenvalue weighted by atomic mass is 19.1. The molecule has 2 atom stereocenters. The fourth-order valence-electron chi connectivity index (χ4n) is 2.22. The predicted molar refractivity (Wildman–Crippen MR) is 78.2 cm³/mol. The third-order valence-corrected chi connectivity index (χ3v) is 3.30. The third kappa shape index (κ3) is 5.96. The first kappa shape index (κ1) is 17.0. The lowest BCUT2D eigenvalue weighted by atomic mass is 10.0. The molecule has 0 amide bonds. The summed E-state index contributed by atoms with van der Waals surface area (Å²) in [5.74, 6) is -0.219. The van der Waals surface area contributed by atoms with Crippen molar-refractivity contribution in [3.63, 3.8) is 0 Å². The standard InChI is InChI=1S/C15H25FN2O2/c1-17-15(12-4-6-13(16)7-5-12)8-9-18(2)10-14(19)11-20-3/h4-7,14-15,17,19H,8-11H2,1-3H3. The van der Waals surface area contributed by atoms with Gasteiger partial charge in [-0.3, -0.25) is 0 Å². The van der Waals surface area contributed by atoms with Gasteiger partial charge in [-0.15, -0.1) is 0 Å². The number of methoxy groups -OCH3 is 1. The Morgan fingerprint density at radius 3 is 2.55 bits per heavy atom. The van der Waals surface area contributed by atoms with Crippen molar-refractivity contribution in [3.8, 4) is 0 Å². The highest BCUT2D eigenvalue weighted by molar-refractivity contribution is 5.19. The molecule has 0 aliphatic heterocycles. The van der Waals surface area contributed by atoms with Crippen LogP contribution in [-0.4, -0.2) is 57.0 Å². The molecule has 0 heterocycles. The number of aliphatic hydroxyl groups excluding tert-OH is 1. The maximum Gasteiger partial charge on any atom is 0.123 e. The zero-order valence-corrected chi connectivity index (χ0v) is 12.5. The number of hydrogen-bond acceptors (Lipinski definition) is 4. The molecule has 1 aromatic carbocycles. The molecule has 0 saturated heterocycles. The minimum atomic E-state index is -0.469. The van der Waals surface area contributed by atoms with Crippen molar-refractivity contribution in [1.82, 2.24) is 10.2 Å². The zero-order chi connectivity index (χ0) is 15.0. The number of aliphatic hydroxyl groups is 1. The van der Waals surface area contributed by atoms with Crippen LogP contribution < -0.4 is 5.32 Å². The van der Waals surface area contributed by atoms with E-state index in [0.29, 0.717) is 13.2 Å². The Labute approximate surface area is 120 Å². The van der Waals surface area contributed by atoms with Crippen LogP contribution in [0.3, 0.4) is 0 Å². The first-order chi connectivity index (χ1) is 9.56. The molecule has 5 heteroatoms. The molecule has 1 aromatic rings. The molecule has 20 heavy (non-hydrogen) atoms. The lowest BCUT2D eigenvalue weighted by molar-refractivity contribution is 0.0426. The second kappa shape index (κ2) is 9.02. The third-order valence-electron chi connectivity index (χ3n) is 3.30. The summed E-state index contributed by atoms with van der Waals surface area (Å²) in [6.07, 6.45) is 0.419. The first-order valence-electron chi connectivity index (χ1n) is 6.85. The summed E-state index contributed by atoms with van der Waals surface area (Å²) in [6, 6.07) is 6.74. The number of nitrogens with one attached hydrogen (secondary N) is 1. The number of rotatable bonds is 9. The van der Waals surface area contributed by atoms with Gasteiger partial charge < -0.3 is 20.1 Å². The molecule has 0 aromatic heterocycles. The second-order valence-corrected chi connectivity index (χ2v) is 5.05. The summed E-state index contributed by atoms with van der Waals surface area (Å²) >= 11 is 0. The van der Waals surface area contributed by atoms with Crippen LogP contribution in [0.15, 0.2) is 24.3 Å². The van der Waals surface area contributed by atoms with E-state index in [1.807, 2.05) is 14.1 Å². The minimum absolute atomic E-state index is 0.178. The number of ether oxygens (including phenoxy) is 1. The average molecular weight is 284 g/mol. The summed E-state index contributed by atoms with van der Waals surface area (Å²) < 4.78 is 17.8. The van der Waals surface area contributed by atoms with Gasteiger partial charge in [0.25, 0.3) is 0 Å². The topological polar surface area (TPSA) is 44.7 Å². The van der Waals surface area contributed by atoms with Crippen molar-refractivity contribution >= 4 is 0 Å². The van der Waals surface area contributed by atoms with Crippen molar-refractivity contribution in [2.45, 2.75) is 18.6 Å². The van der Waals surface area contributed by atoms with E-state index >= 15 is 0 Å². The molecular weight excluding hydrogens is 259 g/mol. The molecule has 0 fully saturated rings. The Balaban J connectivity index is 2.43. The molecule has 2 unspecified atom stereocenters. The van der Waals surface area contributed by atoms with Crippen LogP contribution in [0.5, 0.6) is 0 Å². The van der Waals surface area contributed by atoms with E-state index in [2.05, 4.69) is 10.2 Å². The van der Waals surface area contributed by atoms with Crippen LogP contribution in [-0.2, 0) is 4.74 Å². The molecule has 0 aliphatic rings. The van der Waals surface area contributed by atoms with Gasteiger partial charge in [-0.05, 0) is 44.8 Å². The van der Waals surface area contributed by atoms with Crippen LogP contribution in [0.2, 0.25) is 0 Å². The van der Waals surface area contributed by atoms with Gasteiger partial charge in [0, 0.05) is 19.7 Å². The Morgan fingerprint density at radius 1 is 1.35 bits per heavy atom. The van der Waals surface area contributed by atoms with Gasteiger partial charge in [0.2, 0.25) is 0 Å². The highest BCUT2D eigenvalue weighted by Crippen LogP contribution is 2.17. The summed E-state index contributed by atoms with van der Waals surface area (Å²) in [7, 11) is 5.44. The molecule has 0 radical (unpaired) electrons. The van der Waals surface area contributed by atoms with Crippen LogP contribution in [0.1, 0.15) is 18.0 Å². The summed E-state index contributed by atoms with van der Waals surface area (Å²) in [5.41, 5.74) is 1.07. The van der Waals surface area contributed by atoms with Crippen LogP contribution in [0.4, 0.5) is 4.39 Å². The quantitative estimate of drug-likeness (QED) is 0.720. The number of hydrogen-bond donors (Lipinski definition) is 2. The van der Waals surface area contributed by atoms with Crippen LogP contribution in [0, 0.1) is 5.82 Å². The number of likely N-dealkylation sites (N-methyl/N-ethyl adjacent to an activating group) is 1. The van der Waals surface area contributed by atoms with Gasteiger partial charge in [0.1, 0.15) is 5.82 Å². The monoisotopic (exact) mass is 284 g/mol. The molecule has 2 N–H and O–H groups in total. The summed E-state index contributed by atoms with van der Waals surface area (Å²) in [4.78, 5) is 2.07. The molecule has 0 saturated carbocycles. The summed E-state index contributed by atoms with van der Waals surface area (Å²) in [5, 5.41) is 12.9. The van der Waals surface area contributed by atoms with Gasteiger partial charge in [-0.1, -0.05) is 12.1 Å². The van der Waals surface area contributed by atoms with Crippen molar-refractivity contribution in [2.24, 2.45) is 0 Å². The molecule has 114 valence electrons. The fraction of sp³-hybridized carbons (Fsp3) is 0.600. The Hall–Kier alpha value is -1.01. The number of benzene rings is 1. The molecule has 0 aliphatic carbocycles. The SMILES string of the molecule is CNC(CCN(C)CC(O)COC)c1ccc(F)cc1. The molecule has 4 nitrogen and oxygen atoms in total. The van der Waals surface area contributed by atoms with Crippen molar-refractivity contribution in [1.29, 1.82) is 0 Å². The maximum atomic E-state index is 12.9. The van der Waals surface area contributed by atoms with E-state index in [9.17, 15) is 9.50 Å². The number of halogens is 1. The van der Waals surface area contributed by atoms with E-state index in [1.54, 1.807) is 19.2 Å². The molecule has 0 bridgehead atoms. The van der Waals surface area contributed by atoms with Gasteiger partial charge in [-0.2, -0.15) is 0 Å². The zero-order valence-electron chi connectivity index (χ0n) is 12.5. The van der Waals surface area contributed by atoms with Gasteiger partial charge in [-0.25, -0.2) is 4.39 Å². The van der Waals surface area contributed by atoms with Crippen molar-refractivity contribution < 1.29 is 14.2 Å². The van der Waals surface area contributed by atoms with E-state index in [0.717, 1.165) is 18.5 Å². The van der Waals surface area contributed by atoms with Crippen molar-refractivity contribution in [2.75, 3.05) is 40.9 Å². The van der Waals surface area contributed by atoms with Crippen LogP contribution >= 0.6 is 0 Å². The first-order valence-corrected chi connectivity index (χ1v) is 6.85. The van der Waals surface area contributed by atoms with E-state index in [1.165, 1.54) is 12.1 Å². The van der Waals surface area contributed by atoms with Gasteiger partial charge in [0.05, 0.1) is 12.7 Å². The lowest BCUT2D eigenvalue weighted by Gasteiger charge is -2.23. The average Bonchev–Trinajstić information content (AvgIpc) is 2.41. The largest absolute Gasteiger partial charge is 0.389 e. The molecule has 1 rings (SSSR count). The fourth-order valence-corrected chi connectivity index (χ4v) is 2.22. The van der Waals surface area contributed by atoms with Crippen LogP contribution in [0.25, 0.3) is 0 Å². The molecular formula is C15H25FN2O2. The lowest BCUT2D eigenvalue weighted by Crippen LogP contribution is -2.34. The van der Waals surface area contributed by atoms with E-state index in [-0.39, 0.29) is 11.9 Å². The van der Waals surface area contributed by atoms with Gasteiger partial charge in [0.15, 0.2) is 0 Å². The minimum Gasteiger partial charge on any atom is -0.389 e. The maximum absolute atomic E-state index is 12.9. The van der Waals surface area contributed by atoms with Gasteiger partial charge >= 0.3 is 0 Å². The summed E-state index contributed by atoms with van der Waals surface area (Å²) in [6.45, 7) is 1.76. The predicted octanol–water partition coefficient (Wildman–Crippen LogP) is 1.42. The van der Waals surface area contributed by atoms with E-state index < -0.39 is 6.10 Å². The Kier molecular flexibility index (Phi) is 7.69. The number of nitrogens with zero attached hydrogens (tertiary/aromatic N) is 1. The van der Waals surface area contributed by atoms with E-state index in [4.69, 9.17) is 4.74 Å². The smallest absolute Gasteiger partial charge is 0.123 e. The normalized spacial score (nSPS) is 14.5. The highest BCUT2D eigenvalue weighted by Gasteiger charge is 2.12. The van der Waals surface area contributed by atoms with Crippen molar-refractivity contribution in [3.05, 3.63) is 35.6 Å². The molecule has 0 spiro atoms.